The molecule has 20 heavy (non-hydrogen) atoms. The third kappa shape index (κ3) is 8.16. The molecule has 0 aromatic heterocycles. The lowest BCUT2D eigenvalue weighted by molar-refractivity contribution is -0.135. The van der Waals surface area contributed by atoms with Gasteiger partial charge in [0.15, 0.2) is 5.96 Å². The van der Waals surface area contributed by atoms with E-state index in [0.717, 1.165) is 25.5 Å². The van der Waals surface area contributed by atoms with Gasteiger partial charge in [-0.2, -0.15) is 13.2 Å². The molecule has 0 bridgehead atoms. The van der Waals surface area contributed by atoms with Crippen LogP contribution in [0, 0.1) is 5.92 Å². The minimum absolute atomic E-state index is 0. The second kappa shape index (κ2) is 9.68. The van der Waals surface area contributed by atoms with Gasteiger partial charge in [-0.15, -0.1) is 24.0 Å². The smallest absolute Gasteiger partial charge is 0.356 e. The number of alkyl halides is 3. The molecule has 1 saturated heterocycles. The summed E-state index contributed by atoms with van der Waals surface area (Å²) in [7, 11) is 1.72. The second-order valence-electron chi connectivity index (χ2n) is 5.24. The van der Waals surface area contributed by atoms with Gasteiger partial charge >= 0.3 is 6.18 Å². The lowest BCUT2D eigenvalue weighted by atomic mass is 10.0. The number of nitrogens with one attached hydrogen (secondary N) is 1. The molecule has 1 N–H and O–H groups in total. The van der Waals surface area contributed by atoms with Gasteiger partial charge in [-0.1, -0.05) is 6.92 Å². The number of aliphatic imine (C=N–C) groups is 1. The predicted octanol–water partition coefficient (Wildman–Crippen LogP) is 3.64. The number of hydrogen-bond acceptors (Lipinski definition) is 1. The zero-order valence-electron chi connectivity index (χ0n) is 12.2. The third-order valence-corrected chi connectivity index (χ3v) is 3.34. The first-order valence-corrected chi connectivity index (χ1v) is 6.94. The fourth-order valence-electron chi connectivity index (χ4n) is 2.36. The van der Waals surface area contributed by atoms with E-state index in [4.69, 9.17) is 0 Å². The Labute approximate surface area is 136 Å². The summed E-state index contributed by atoms with van der Waals surface area (Å²) >= 11 is 0. The number of halogens is 4. The lowest BCUT2D eigenvalue weighted by Gasteiger charge is -2.33. The molecule has 1 rings (SSSR count). The highest BCUT2D eigenvalue weighted by Gasteiger charge is 2.25. The number of rotatable bonds is 4. The molecular formula is C13H25F3IN3. The van der Waals surface area contributed by atoms with Crippen LogP contribution >= 0.6 is 24.0 Å². The monoisotopic (exact) mass is 407 g/mol. The summed E-state index contributed by atoms with van der Waals surface area (Å²) in [5.41, 5.74) is 0. The van der Waals surface area contributed by atoms with Gasteiger partial charge in [0.25, 0.3) is 0 Å². The van der Waals surface area contributed by atoms with Crippen molar-refractivity contribution in [3.05, 3.63) is 0 Å². The van der Waals surface area contributed by atoms with Crippen LogP contribution in [-0.4, -0.2) is 43.7 Å². The molecule has 1 heterocycles. The quantitative estimate of drug-likeness (QED) is 0.334. The molecule has 1 aliphatic rings. The van der Waals surface area contributed by atoms with Crippen molar-refractivity contribution < 1.29 is 13.2 Å². The molecule has 1 fully saturated rings. The summed E-state index contributed by atoms with van der Waals surface area (Å²) < 4.78 is 36.0. The number of unbranched alkanes of at least 4 members (excludes halogenated alkanes) is 1. The van der Waals surface area contributed by atoms with Crippen molar-refractivity contribution in [2.75, 3.05) is 26.7 Å². The third-order valence-electron chi connectivity index (χ3n) is 3.34. The molecule has 0 aromatic carbocycles. The van der Waals surface area contributed by atoms with E-state index in [1.54, 1.807) is 7.05 Å². The fraction of sp³-hybridized carbons (Fsp3) is 0.923. The predicted molar refractivity (Wildman–Crippen MR) is 86.7 cm³/mol. The minimum atomic E-state index is -4.04. The van der Waals surface area contributed by atoms with Crippen molar-refractivity contribution in [2.45, 2.75) is 45.2 Å². The van der Waals surface area contributed by atoms with E-state index in [9.17, 15) is 13.2 Å². The Bertz CT molecular complexity index is 295. The number of hydrogen-bond donors (Lipinski definition) is 1. The van der Waals surface area contributed by atoms with Crippen LogP contribution in [0.25, 0.3) is 0 Å². The molecule has 0 saturated carbocycles. The standard InChI is InChI=1S/C13H24F3N3.HI/c1-11-6-5-9-19(10-11)12(17-2)18-8-4-3-7-13(14,15)16;/h11H,3-10H2,1-2H3,(H,17,18);1H. The molecule has 0 spiro atoms. The molecule has 0 radical (unpaired) electrons. The van der Waals surface area contributed by atoms with Gasteiger partial charge in [0.05, 0.1) is 0 Å². The Kier molecular flexibility index (Phi) is 9.58. The highest BCUT2D eigenvalue weighted by Crippen LogP contribution is 2.21. The minimum Gasteiger partial charge on any atom is -0.356 e. The van der Waals surface area contributed by atoms with E-state index in [1.807, 2.05) is 0 Å². The second-order valence-corrected chi connectivity index (χ2v) is 5.24. The van der Waals surface area contributed by atoms with Crippen molar-refractivity contribution in [3.8, 4) is 0 Å². The summed E-state index contributed by atoms with van der Waals surface area (Å²) in [5.74, 6) is 1.47. The Morgan fingerprint density at radius 2 is 2.05 bits per heavy atom. The normalized spacial score (nSPS) is 20.6. The molecule has 3 nitrogen and oxygen atoms in total. The Hall–Kier alpha value is -0.210. The summed E-state index contributed by atoms with van der Waals surface area (Å²) in [6, 6.07) is 0. The zero-order valence-corrected chi connectivity index (χ0v) is 14.5. The van der Waals surface area contributed by atoms with E-state index in [1.165, 1.54) is 6.42 Å². The number of likely N-dealkylation sites (tertiary alicyclic amines) is 1. The van der Waals surface area contributed by atoms with Gasteiger partial charge in [0.1, 0.15) is 0 Å². The number of piperidine rings is 1. The van der Waals surface area contributed by atoms with Crippen molar-refractivity contribution >= 4 is 29.9 Å². The first-order valence-electron chi connectivity index (χ1n) is 6.94. The van der Waals surface area contributed by atoms with Gasteiger partial charge in [-0.05, 0) is 31.6 Å². The first-order chi connectivity index (χ1) is 8.92. The fourth-order valence-corrected chi connectivity index (χ4v) is 2.36. The van der Waals surface area contributed by atoms with Gasteiger partial charge in [0.2, 0.25) is 0 Å². The van der Waals surface area contributed by atoms with E-state index in [-0.39, 0.29) is 30.4 Å². The summed E-state index contributed by atoms with van der Waals surface area (Å²) in [5, 5.41) is 3.15. The van der Waals surface area contributed by atoms with Crippen molar-refractivity contribution in [3.63, 3.8) is 0 Å². The number of guanidine groups is 1. The Morgan fingerprint density at radius 3 is 2.60 bits per heavy atom. The van der Waals surface area contributed by atoms with Gasteiger partial charge < -0.3 is 10.2 Å². The summed E-state index contributed by atoms with van der Waals surface area (Å²) in [6.07, 6.45) is -1.67. The van der Waals surface area contributed by atoms with Crippen LogP contribution in [0.5, 0.6) is 0 Å². The molecular weight excluding hydrogens is 382 g/mol. The van der Waals surface area contributed by atoms with Crippen LogP contribution in [0.2, 0.25) is 0 Å². The van der Waals surface area contributed by atoms with Crippen molar-refractivity contribution in [1.82, 2.24) is 10.2 Å². The van der Waals surface area contributed by atoms with Crippen LogP contribution < -0.4 is 5.32 Å². The van der Waals surface area contributed by atoms with Crippen molar-refractivity contribution in [1.29, 1.82) is 0 Å². The van der Waals surface area contributed by atoms with Crippen LogP contribution in [0.4, 0.5) is 13.2 Å². The Balaban J connectivity index is 0.00000361. The molecule has 0 aromatic rings. The van der Waals surface area contributed by atoms with E-state index >= 15 is 0 Å². The average molecular weight is 407 g/mol. The van der Waals surface area contributed by atoms with Crippen LogP contribution in [0.15, 0.2) is 4.99 Å². The van der Waals surface area contributed by atoms with Gasteiger partial charge in [0, 0.05) is 33.1 Å². The maximum absolute atomic E-state index is 12.0. The molecule has 0 aliphatic carbocycles. The molecule has 1 aliphatic heterocycles. The van der Waals surface area contributed by atoms with E-state index < -0.39 is 12.6 Å². The summed E-state index contributed by atoms with van der Waals surface area (Å²) in [6.45, 7) is 4.71. The van der Waals surface area contributed by atoms with Gasteiger partial charge in [-0.3, -0.25) is 4.99 Å². The number of nitrogens with zero attached hydrogens (tertiary/aromatic N) is 2. The molecule has 120 valence electrons. The average Bonchev–Trinajstić information content (AvgIpc) is 2.32. The highest BCUT2D eigenvalue weighted by atomic mass is 127. The molecule has 7 heteroatoms. The Morgan fingerprint density at radius 1 is 1.35 bits per heavy atom. The van der Waals surface area contributed by atoms with E-state index in [0.29, 0.717) is 18.9 Å². The summed E-state index contributed by atoms with van der Waals surface area (Å²) in [4.78, 5) is 6.39. The van der Waals surface area contributed by atoms with Crippen LogP contribution in [0.3, 0.4) is 0 Å². The largest absolute Gasteiger partial charge is 0.389 e. The molecule has 0 amide bonds. The van der Waals surface area contributed by atoms with Crippen LogP contribution in [-0.2, 0) is 0 Å². The topological polar surface area (TPSA) is 27.6 Å². The highest BCUT2D eigenvalue weighted by molar-refractivity contribution is 14.0. The van der Waals surface area contributed by atoms with Crippen LogP contribution in [0.1, 0.15) is 39.0 Å². The molecule has 1 unspecified atom stereocenters. The van der Waals surface area contributed by atoms with Crippen molar-refractivity contribution in [2.24, 2.45) is 10.9 Å². The van der Waals surface area contributed by atoms with Gasteiger partial charge in [-0.25, -0.2) is 0 Å². The zero-order chi connectivity index (χ0) is 14.3. The maximum Gasteiger partial charge on any atom is 0.389 e. The molecule has 1 atom stereocenters. The maximum atomic E-state index is 12.0. The SMILES string of the molecule is CN=C(NCCCCC(F)(F)F)N1CCCC(C)C1.I. The van der Waals surface area contributed by atoms with E-state index in [2.05, 4.69) is 22.1 Å². The lowest BCUT2D eigenvalue weighted by Crippen LogP contribution is -2.46. The first kappa shape index (κ1) is 19.8.